The van der Waals surface area contributed by atoms with Crippen molar-refractivity contribution in [1.82, 2.24) is 0 Å². The maximum atomic E-state index is 13.1. The van der Waals surface area contributed by atoms with Crippen LogP contribution in [0, 0.1) is 62.1 Å². The van der Waals surface area contributed by atoms with Crippen molar-refractivity contribution in [2.75, 3.05) is 0 Å². The molecule has 0 amide bonds. The molecular weight excluding hydrogens is 612 g/mol. The van der Waals surface area contributed by atoms with Gasteiger partial charge in [0, 0.05) is 11.8 Å². The Labute approximate surface area is 297 Å². The van der Waals surface area contributed by atoms with E-state index in [0.717, 1.165) is 38.5 Å². The molecule has 6 aliphatic rings. The largest absolute Gasteiger partial charge is 0.481 e. The minimum atomic E-state index is -1.13. The van der Waals surface area contributed by atoms with Crippen LogP contribution in [0.25, 0.3) is 0 Å². The van der Waals surface area contributed by atoms with Crippen LogP contribution in [0.5, 0.6) is 0 Å². The van der Waals surface area contributed by atoms with Crippen molar-refractivity contribution in [3.05, 3.63) is 12.2 Å². The molecule has 0 saturated heterocycles. The van der Waals surface area contributed by atoms with Crippen LogP contribution in [0.2, 0.25) is 0 Å². The summed E-state index contributed by atoms with van der Waals surface area (Å²) in [6, 6.07) is 0. The second-order valence-corrected chi connectivity index (χ2v) is 20.1. The second-order valence-electron chi connectivity index (χ2n) is 20.1. The molecule has 276 valence electrons. The number of hydrogen-bond donors (Lipinski definition) is 1. The Morgan fingerprint density at radius 2 is 1.47 bits per heavy atom. The molecule has 6 nitrogen and oxygen atoms in total. The summed E-state index contributed by atoms with van der Waals surface area (Å²) in [4.78, 5) is 37.9. The van der Waals surface area contributed by atoms with E-state index in [9.17, 15) is 19.5 Å². The van der Waals surface area contributed by atoms with E-state index in [4.69, 9.17) is 9.47 Å². The Morgan fingerprint density at radius 1 is 0.776 bits per heavy atom. The van der Waals surface area contributed by atoms with E-state index in [1.54, 1.807) is 13.8 Å². The zero-order valence-corrected chi connectivity index (χ0v) is 32.3. The third-order valence-corrected chi connectivity index (χ3v) is 17.0. The van der Waals surface area contributed by atoms with Gasteiger partial charge in [-0.2, -0.15) is 0 Å². The number of ether oxygens (including phenoxy) is 2. The minimum Gasteiger partial charge on any atom is -0.481 e. The lowest BCUT2D eigenvalue weighted by atomic mass is 9.32. The summed E-state index contributed by atoms with van der Waals surface area (Å²) in [7, 11) is 0. The highest BCUT2D eigenvalue weighted by Gasteiger charge is 2.71. The fourth-order valence-corrected chi connectivity index (χ4v) is 14.1. The SMILES string of the molecule is C=C(C)[C@@H]1CC[C@]2(CCC(=O)OC3CCCC3)CC[C@]3(C)[C@H](CC[C@@H]4[C@@]5(C)CC[C@H](OC(=O)CC(C)(C)C(=O)O)C(C)(C)[C@@H]5CC[C@]43C)[C@@H]12. The van der Waals surface area contributed by atoms with Gasteiger partial charge in [0.2, 0.25) is 0 Å². The number of allylic oxidation sites excluding steroid dienone is 1. The molecule has 0 aliphatic heterocycles. The molecule has 0 bridgehead atoms. The molecule has 0 radical (unpaired) electrons. The predicted octanol–water partition coefficient (Wildman–Crippen LogP) is 10.3. The van der Waals surface area contributed by atoms with Crippen molar-refractivity contribution in [1.29, 1.82) is 0 Å². The number of hydrogen-bond acceptors (Lipinski definition) is 5. The van der Waals surface area contributed by atoms with E-state index in [2.05, 4.69) is 48.1 Å². The highest BCUT2D eigenvalue weighted by atomic mass is 16.5. The van der Waals surface area contributed by atoms with Crippen LogP contribution in [0.3, 0.4) is 0 Å². The lowest BCUT2D eigenvalue weighted by Gasteiger charge is -2.73. The van der Waals surface area contributed by atoms with Gasteiger partial charge in [0.25, 0.3) is 0 Å². The first kappa shape index (κ1) is 36.9. The third-order valence-electron chi connectivity index (χ3n) is 17.0. The summed E-state index contributed by atoms with van der Waals surface area (Å²) in [5.74, 6) is 1.50. The average Bonchev–Trinajstić information content (AvgIpc) is 3.66. The monoisotopic (exact) mass is 681 g/mol. The van der Waals surface area contributed by atoms with Crippen LogP contribution >= 0.6 is 0 Å². The Morgan fingerprint density at radius 3 is 2.12 bits per heavy atom. The molecule has 10 atom stereocenters. The highest BCUT2D eigenvalue weighted by molar-refractivity contribution is 5.81. The number of carbonyl (C=O) groups excluding carboxylic acids is 2. The Kier molecular flexibility index (Phi) is 9.55. The molecule has 1 N–H and O–H groups in total. The van der Waals surface area contributed by atoms with Crippen molar-refractivity contribution in [2.45, 2.75) is 177 Å². The number of rotatable bonds is 9. The number of carbonyl (C=O) groups is 3. The molecule has 6 heteroatoms. The highest BCUT2D eigenvalue weighted by Crippen LogP contribution is 2.78. The van der Waals surface area contributed by atoms with Crippen LogP contribution in [0.1, 0.15) is 165 Å². The number of fused-ring (bicyclic) bond motifs is 7. The van der Waals surface area contributed by atoms with Crippen LogP contribution in [0.4, 0.5) is 0 Å². The van der Waals surface area contributed by atoms with Crippen LogP contribution in [0.15, 0.2) is 12.2 Å². The van der Waals surface area contributed by atoms with Gasteiger partial charge >= 0.3 is 17.9 Å². The van der Waals surface area contributed by atoms with Crippen molar-refractivity contribution in [2.24, 2.45) is 62.1 Å². The number of aliphatic carboxylic acids is 1. The molecule has 0 heterocycles. The Balaban J connectivity index is 1.22. The molecule has 0 aromatic heterocycles. The van der Waals surface area contributed by atoms with Gasteiger partial charge < -0.3 is 14.6 Å². The van der Waals surface area contributed by atoms with E-state index >= 15 is 0 Å². The maximum Gasteiger partial charge on any atom is 0.309 e. The lowest BCUT2D eigenvalue weighted by Crippen LogP contribution is -2.66. The Hall–Kier alpha value is -1.85. The molecule has 49 heavy (non-hydrogen) atoms. The standard InChI is InChI=1S/C43H68O6/c1-27(2)29-16-22-43(23-19-34(44)48-28-12-10-11-13-28)25-24-41(8)30(36(29)43)14-15-32-40(7)20-18-33(49-35(45)26-38(3,4)37(46)47)39(5,6)31(40)17-21-42(32,41)9/h28-33,36H,1,10-26H2,2-9H3,(H,46,47)/t29-,30+,31-,32+,33-,36+,40-,41+,42+,43-/m0/s1. The number of carboxylic acid groups (broad SMARTS) is 1. The van der Waals surface area contributed by atoms with Gasteiger partial charge in [-0.15, -0.1) is 0 Å². The molecule has 0 aromatic carbocycles. The van der Waals surface area contributed by atoms with Gasteiger partial charge in [0.15, 0.2) is 0 Å². The summed E-state index contributed by atoms with van der Waals surface area (Å²) >= 11 is 0. The molecule has 0 spiro atoms. The van der Waals surface area contributed by atoms with Crippen molar-refractivity contribution < 1.29 is 29.0 Å². The van der Waals surface area contributed by atoms with Gasteiger partial charge in [0.1, 0.15) is 12.2 Å². The quantitative estimate of drug-likeness (QED) is 0.193. The minimum absolute atomic E-state index is 0.0311. The van der Waals surface area contributed by atoms with Gasteiger partial charge in [-0.25, -0.2) is 0 Å². The lowest BCUT2D eigenvalue weighted by molar-refractivity contribution is -0.250. The van der Waals surface area contributed by atoms with Gasteiger partial charge in [-0.05, 0) is 168 Å². The third kappa shape index (κ3) is 5.93. The smallest absolute Gasteiger partial charge is 0.309 e. The summed E-state index contributed by atoms with van der Waals surface area (Å²) in [6.45, 7) is 22.6. The second kappa shape index (κ2) is 12.7. The first-order valence-corrected chi connectivity index (χ1v) is 20.1. The predicted molar refractivity (Wildman–Crippen MR) is 192 cm³/mol. The van der Waals surface area contributed by atoms with E-state index in [1.807, 2.05) is 0 Å². The van der Waals surface area contributed by atoms with Crippen LogP contribution in [-0.2, 0) is 23.9 Å². The zero-order valence-electron chi connectivity index (χ0n) is 32.3. The summed E-state index contributed by atoms with van der Waals surface area (Å²) in [6.07, 6.45) is 17.4. The van der Waals surface area contributed by atoms with Gasteiger partial charge in [-0.3, -0.25) is 14.4 Å². The van der Waals surface area contributed by atoms with Gasteiger partial charge in [-0.1, -0.05) is 46.8 Å². The van der Waals surface area contributed by atoms with Crippen molar-refractivity contribution >= 4 is 17.9 Å². The van der Waals surface area contributed by atoms with E-state index < -0.39 is 11.4 Å². The van der Waals surface area contributed by atoms with Crippen molar-refractivity contribution in [3.8, 4) is 0 Å². The van der Waals surface area contributed by atoms with Gasteiger partial charge in [0.05, 0.1) is 11.8 Å². The number of esters is 2. The molecule has 0 aromatic rings. The molecule has 6 saturated carbocycles. The summed E-state index contributed by atoms with van der Waals surface area (Å²) in [5, 5.41) is 9.60. The molecule has 6 rings (SSSR count). The Bertz CT molecular complexity index is 1330. The first-order chi connectivity index (χ1) is 22.8. The van der Waals surface area contributed by atoms with E-state index in [0.29, 0.717) is 36.0 Å². The summed E-state index contributed by atoms with van der Waals surface area (Å²) < 4.78 is 12.1. The van der Waals surface area contributed by atoms with E-state index in [-0.39, 0.29) is 57.6 Å². The van der Waals surface area contributed by atoms with E-state index in [1.165, 1.54) is 63.4 Å². The van der Waals surface area contributed by atoms with Crippen LogP contribution < -0.4 is 0 Å². The first-order valence-electron chi connectivity index (χ1n) is 20.1. The average molecular weight is 681 g/mol. The molecule has 6 aliphatic carbocycles. The molecule has 0 unspecified atom stereocenters. The van der Waals surface area contributed by atoms with Crippen molar-refractivity contribution in [3.63, 3.8) is 0 Å². The van der Waals surface area contributed by atoms with Crippen LogP contribution in [-0.4, -0.2) is 35.2 Å². The molecular formula is C43H68O6. The number of carboxylic acids is 1. The fourth-order valence-electron chi connectivity index (χ4n) is 14.1. The topological polar surface area (TPSA) is 89.9 Å². The fraction of sp³-hybridized carbons (Fsp3) is 0.884. The molecule has 6 fully saturated rings. The zero-order chi connectivity index (χ0) is 35.8. The summed E-state index contributed by atoms with van der Waals surface area (Å²) in [5.41, 5.74) is 0.860. The normalized spacial score (nSPS) is 43.0. The maximum absolute atomic E-state index is 13.1.